The van der Waals surface area contributed by atoms with E-state index in [-0.39, 0.29) is 12.1 Å². The second kappa shape index (κ2) is 3.75. The molecule has 72 valence electrons. The Labute approximate surface area is 74.5 Å². The molecule has 0 bridgehead atoms. The Morgan fingerprint density at radius 2 is 2.08 bits per heavy atom. The van der Waals surface area contributed by atoms with Gasteiger partial charge in [0, 0.05) is 12.1 Å². The molecule has 1 N–H and O–H groups in total. The third-order valence-corrected chi connectivity index (χ3v) is 4.03. The van der Waals surface area contributed by atoms with Crippen molar-refractivity contribution in [2.45, 2.75) is 38.8 Å². The number of rotatable bonds is 2. The molecule has 2 unspecified atom stereocenters. The van der Waals surface area contributed by atoms with E-state index >= 15 is 0 Å². The van der Waals surface area contributed by atoms with Crippen LogP contribution in [0.1, 0.15) is 26.7 Å². The first-order valence-electron chi connectivity index (χ1n) is 4.50. The third kappa shape index (κ3) is 2.75. The maximum Gasteiger partial charge on any atom is 0.153 e. The maximum atomic E-state index is 11.3. The minimum Gasteiger partial charge on any atom is -0.309 e. The van der Waals surface area contributed by atoms with Crippen molar-refractivity contribution >= 4 is 9.84 Å². The average Bonchev–Trinajstić information content (AvgIpc) is 1.82. The Kier molecular flexibility index (Phi) is 3.12. The summed E-state index contributed by atoms with van der Waals surface area (Å²) in [7, 11) is -2.77. The van der Waals surface area contributed by atoms with E-state index in [2.05, 4.69) is 12.2 Å². The highest BCUT2D eigenvalue weighted by Gasteiger charge is 2.27. The Morgan fingerprint density at radius 3 is 2.58 bits per heavy atom. The topological polar surface area (TPSA) is 46.2 Å². The van der Waals surface area contributed by atoms with E-state index in [1.54, 1.807) is 0 Å². The minimum absolute atomic E-state index is 0.125. The van der Waals surface area contributed by atoms with Crippen molar-refractivity contribution in [1.82, 2.24) is 5.32 Å². The lowest BCUT2D eigenvalue weighted by atomic mass is 10.2. The lowest BCUT2D eigenvalue weighted by molar-refractivity contribution is 0.436. The van der Waals surface area contributed by atoms with Crippen molar-refractivity contribution in [2.75, 3.05) is 11.5 Å². The Bertz CT molecular complexity index is 235. The van der Waals surface area contributed by atoms with Crippen LogP contribution in [0.3, 0.4) is 0 Å². The van der Waals surface area contributed by atoms with Gasteiger partial charge < -0.3 is 5.32 Å². The lowest BCUT2D eigenvalue weighted by Gasteiger charge is -2.28. The summed E-state index contributed by atoms with van der Waals surface area (Å²) in [4.78, 5) is 0. The van der Waals surface area contributed by atoms with E-state index < -0.39 is 9.84 Å². The van der Waals surface area contributed by atoms with Crippen molar-refractivity contribution < 1.29 is 8.42 Å². The van der Waals surface area contributed by atoms with Gasteiger partial charge in [-0.05, 0) is 13.3 Å². The second-order valence-electron chi connectivity index (χ2n) is 3.63. The Morgan fingerprint density at radius 1 is 1.42 bits per heavy atom. The van der Waals surface area contributed by atoms with Crippen LogP contribution in [0.25, 0.3) is 0 Å². The molecule has 0 spiro atoms. The average molecular weight is 191 g/mol. The quantitative estimate of drug-likeness (QED) is 0.694. The van der Waals surface area contributed by atoms with Crippen LogP contribution < -0.4 is 5.32 Å². The standard InChI is InChI=1S/C8H17NO2S/c1-3-4-8-6-12(10,11)5-7(2)9-8/h7-9H,3-6H2,1-2H3. The summed E-state index contributed by atoms with van der Waals surface area (Å²) in [6, 6.07) is 0.309. The normalized spacial score (nSPS) is 34.8. The van der Waals surface area contributed by atoms with Crippen LogP contribution in [-0.2, 0) is 9.84 Å². The molecule has 0 saturated carbocycles. The number of hydrogen-bond acceptors (Lipinski definition) is 3. The molecule has 1 fully saturated rings. The summed E-state index contributed by atoms with van der Waals surface area (Å²) in [5, 5.41) is 3.29. The summed E-state index contributed by atoms with van der Waals surface area (Å²) in [6.45, 7) is 4.01. The van der Waals surface area contributed by atoms with Crippen LogP contribution >= 0.6 is 0 Å². The van der Waals surface area contributed by atoms with Gasteiger partial charge in [-0.25, -0.2) is 8.42 Å². The van der Waals surface area contributed by atoms with Crippen molar-refractivity contribution in [3.05, 3.63) is 0 Å². The summed E-state index contributed by atoms with van der Waals surface area (Å²) in [5.74, 6) is 0.623. The van der Waals surface area contributed by atoms with Gasteiger partial charge in [-0.15, -0.1) is 0 Å². The van der Waals surface area contributed by atoms with Crippen LogP contribution in [-0.4, -0.2) is 32.0 Å². The molecule has 3 nitrogen and oxygen atoms in total. The van der Waals surface area contributed by atoms with Crippen LogP contribution in [0.4, 0.5) is 0 Å². The monoisotopic (exact) mass is 191 g/mol. The van der Waals surface area contributed by atoms with Gasteiger partial charge in [0.15, 0.2) is 9.84 Å². The first-order valence-corrected chi connectivity index (χ1v) is 6.32. The highest BCUT2D eigenvalue weighted by atomic mass is 32.2. The predicted octanol–water partition coefficient (Wildman–Crippen LogP) is 0.562. The summed E-state index contributed by atoms with van der Waals surface area (Å²) in [5.41, 5.74) is 0. The van der Waals surface area contributed by atoms with E-state index in [1.807, 2.05) is 6.92 Å². The fourth-order valence-corrected chi connectivity index (χ4v) is 3.64. The van der Waals surface area contributed by atoms with Gasteiger partial charge in [-0.2, -0.15) is 0 Å². The van der Waals surface area contributed by atoms with Gasteiger partial charge in [-0.3, -0.25) is 0 Å². The fourth-order valence-electron chi connectivity index (χ4n) is 1.77. The first kappa shape index (κ1) is 9.99. The van der Waals surface area contributed by atoms with Gasteiger partial charge in [0.05, 0.1) is 11.5 Å². The molecule has 0 amide bonds. The van der Waals surface area contributed by atoms with Crippen LogP contribution in [0, 0.1) is 0 Å². The van der Waals surface area contributed by atoms with Gasteiger partial charge in [0.1, 0.15) is 0 Å². The molecule has 1 aliphatic heterocycles. The van der Waals surface area contributed by atoms with E-state index in [9.17, 15) is 8.42 Å². The molecular formula is C8H17NO2S. The van der Waals surface area contributed by atoms with Crippen LogP contribution in [0.2, 0.25) is 0 Å². The molecule has 1 saturated heterocycles. The minimum atomic E-state index is -2.77. The summed E-state index contributed by atoms with van der Waals surface area (Å²) in [6.07, 6.45) is 2.00. The molecular weight excluding hydrogens is 174 g/mol. The SMILES string of the molecule is CCCC1CS(=O)(=O)CC(C)N1. The number of nitrogens with one attached hydrogen (secondary N) is 1. The van der Waals surface area contributed by atoms with Crippen molar-refractivity contribution in [3.63, 3.8) is 0 Å². The Balaban J connectivity index is 2.58. The van der Waals surface area contributed by atoms with E-state index in [1.165, 1.54) is 0 Å². The zero-order valence-corrected chi connectivity index (χ0v) is 8.52. The predicted molar refractivity (Wildman–Crippen MR) is 49.9 cm³/mol. The van der Waals surface area contributed by atoms with Crippen molar-refractivity contribution in [2.24, 2.45) is 0 Å². The van der Waals surface area contributed by atoms with Crippen LogP contribution in [0.15, 0.2) is 0 Å². The van der Waals surface area contributed by atoms with Crippen molar-refractivity contribution in [3.8, 4) is 0 Å². The zero-order valence-electron chi connectivity index (χ0n) is 7.71. The molecule has 1 heterocycles. The number of sulfone groups is 1. The third-order valence-electron chi connectivity index (χ3n) is 2.12. The first-order chi connectivity index (χ1) is 5.53. The second-order valence-corrected chi connectivity index (χ2v) is 5.78. The molecule has 0 aromatic rings. The van der Waals surface area contributed by atoms with E-state index in [0.29, 0.717) is 11.5 Å². The molecule has 0 aliphatic carbocycles. The zero-order chi connectivity index (χ0) is 9.19. The smallest absolute Gasteiger partial charge is 0.153 e. The maximum absolute atomic E-state index is 11.3. The molecule has 0 radical (unpaired) electrons. The van der Waals surface area contributed by atoms with Gasteiger partial charge >= 0.3 is 0 Å². The molecule has 4 heteroatoms. The van der Waals surface area contributed by atoms with E-state index in [0.717, 1.165) is 12.8 Å². The van der Waals surface area contributed by atoms with E-state index in [4.69, 9.17) is 0 Å². The summed E-state index contributed by atoms with van der Waals surface area (Å²) < 4.78 is 22.6. The number of hydrogen-bond donors (Lipinski definition) is 1. The van der Waals surface area contributed by atoms with Gasteiger partial charge in [0.25, 0.3) is 0 Å². The molecule has 2 atom stereocenters. The Hall–Kier alpha value is -0.0900. The molecule has 1 aliphatic rings. The van der Waals surface area contributed by atoms with Gasteiger partial charge in [0.2, 0.25) is 0 Å². The highest BCUT2D eigenvalue weighted by Crippen LogP contribution is 2.10. The largest absolute Gasteiger partial charge is 0.309 e. The fraction of sp³-hybridized carbons (Fsp3) is 1.00. The summed E-state index contributed by atoms with van der Waals surface area (Å²) >= 11 is 0. The van der Waals surface area contributed by atoms with Gasteiger partial charge in [-0.1, -0.05) is 13.3 Å². The molecule has 0 aromatic heterocycles. The highest BCUT2D eigenvalue weighted by molar-refractivity contribution is 7.91. The molecule has 12 heavy (non-hydrogen) atoms. The van der Waals surface area contributed by atoms with Crippen molar-refractivity contribution in [1.29, 1.82) is 0 Å². The molecule has 1 rings (SSSR count). The molecule has 0 aromatic carbocycles. The van der Waals surface area contributed by atoms with Crippen LogP contribution in [0.5, 0.6) is 0 Å². The lowest BCUT2D eigenvalue weighted by Crippen LogP contribution is -2.50.